The van der Waals surface area contributed by atoms with Crippen molar-refractivity contribution in [1.82, 2.24) is 15.0 Å². The van der Waals surface area contributed by atoms with E-state index in [-0.39, 0.29) is 30.9 Å². The summed E-state index contributed by atoms with van der Waals surface area (Å²) >= 11 is 0. The highest BCUT2D eigenvalue weighted by atomic mass is 19.4. The summed E-state index contributed by atoms with van der Waals surface area (Å²) in [4.78, 5) is 11.6. The van der Waals surface area contributed by atoms with Gasteiger partial charge in [-0.15, -0.1) is 4.98 Å². The highest BCUT2D eigenvalue weighted by molar-refractivity contribution is 5.30. The molecule has 0 spiro atoms. The zero-order valence-electron chi connectivity index (χ0n) is 15.0. The summed E-state index contributed by atoms with van der Waals surface area (Å²) in [5.41, 5.74) is 1.54. The van der Waals surface area contributed by atoms with E-state index in [0.29, 0.717) is 0 Å². The van der Waals surface area contributed by atoms with Gasteiger partial charge in [0.25, 0.3) is 0 Å². The van der Waals surface area contributed by atoms with E-state index >= 15 is 0 Å². The smallest absolute Gasteiger partial charge is 0.422 e. The van der Waals surface area contributed by atoms with E-state index in [0.717, 1.165) is 11.1 Å². The highest BCUT2D eigenvalue weighted by Gasteiger charge is 2.29. The van der Waals surface area contributed by atoms with Crippen molar-refractivity contribution in [3.05, 3.63) is 71.5 Å². The van der Waals surface area contributed by atoms with Crippen LogP contribution in [0.5, 0.6) is 12.0 Å². The van der Waals surface area contributed by atoms with E-state index in [1.165, 1.54) is 12.1 Å². The average Bonchev–Trinajstić information content (AvgIpc) is 2.71. The molecule has 0 saturated carbocycles. The van der Waals surface area contributed by atoms with Crippen molar-refractivity contribution in [2.24, 2.45) is 0 Å². The van der Waals surface area contributed by atoms with Crippen LogP contribution in [0.25, 0.3) is 0 Å². The van der Waals surface area contributed by atoms with Crippen molar-refractivity contribution in [2.45, 2.75) is 19.3 Å². The minimum Gasteiger partial charge on any atom is -0.458 e. The van der Waals surface area contributed by atoms with E-state index in [2.05, 4.69) is 25.0 Å². The molecule has 1 heterocycles. The number of alkyl halides is 3. The van der Waals surface area contributed by atoms with E-state index < -0.39 is 18.8 Å². The van der Waals surface area contributed by atoms with E-state index in [9.17, 15) is 17.6 Å². The van der Waals surface area contributed by atoms with Gasteiger partial charge in [-0.05, 0) is 23.3 Å². The van der Waals surface area contributed by atoms with Gasteiger partial charge in [-0.25, -0.2) is 4.39 Å². The fourth-order valence-electron chi connectivity index (χ4n) is 2.20. The van der Waals surface area contributed by atoms with Gasteiger partial charge in [0.1, 0.15) is 12.4 Å². The van der Waals surface area contributed by atoms with Gasteiger partial charge in [0.15, 0.2) is 6.61 Å². The Morgan fingerprint density at radius 2 is 1.45 bits per heavy atom. The molecule has 10 heteroatoms. The second kappa shape index (κ2) is 9.18. The van der Waals surface area contributed by atoms with Crippen LogP contribution in [0.2, 0.25) is 0 Å². The second-order valence-electron chi connectivity index (χ2n) is 5.88. The van der Waals surface area contributed by atoms with Crippen LogP contribution in [0, 0.1) is 5.82 Å². The molecule has 0 aliphatic rings. The fourth-order valence-corrected chi connectivity index (χ4v) is 2.20. The van der Waals surface area contributed by atoms with E-state index in [4.69, 9.17) is 4.74 Å². The molecule has 0 unspecified atom stereocenters. The molecule has 152 valence electrons. The summed E-state index contributed by atoms with van der Waals surface area (Å²) in [5.74, 6) is -0.419. The average molecular weight is 408 g/mol. The quantitative estimate of drug-likeness (QED) is 0.565. The van der Waals surface area contributed by atoms with E-state index in [1.807, 2.05) is 30.3 Å². The summed E-state index contributed by atoms with van der Waals surface area (Å²) in [6, 6.07) is 14.1. The minimum absolute atomic E-state index is 0.0374. The van der Waals surface area contributed by atoms with E-state index in [1.54, 1.807) is 12.1 Å². The number of nitrogens with one attached hydrogen (secondary N) is 1. The van der Waals surface area contributed by atoms with Crippen molar-refractivity contribution in [3.63, 3.8) is 0 Å². The first-order valence-electron chi connectivity index (χ1n) is 8.48. The minimum atomic E-state index is -4.54. The Morgan fingerprint density at radius 1 is 0.793 bits per heavy atom. The van der Waals surface area contributed by atoms with Gasteiger partial charge in [-0.2, -0.15) is 23.1 Å². The largest absolute Gasteiger partial charge is 0.458 e. The maximum atomic E-state index is 13.0. The van der Waals surface area contributed by atoms with Crippen LogP contribution in [-0.4, -0.2) is 27.7 Å². The lowest BCUT2D eigenvalue weighted by Crippen LogP contribution is -2.20. The second-order valence-corrected chi connectivity index (χ2v) is 5.88. The predicted octanol–water partition coefficient (Wildman–Crippen LogP) is 4.14. The molecule has 0 aliphatic carbocycles. The molecule has 0 bridgehead atoms. The molecule has 0 fully saturated rings. The van der Waals surface area contributed by atoms with Crippen LogP contribution >= 0.6 is 0 Å². The molecule has 3 rings (SSSR count). The standard InChI is InChI=1S/C19H16F4N4O2/c20-15-8-6-13(7-9-15)10-24-16-25-17(28-11-14-4-2-1-3-5-14)27-18(26-16)29-12-19(21,22)23/h1-9H,10-12H2,(H,24,25,26,27). The first kappa shape index (κ1) is 20.3. The zero-order chi connectivity index (χ0) is 20.7. The lowest BCUT2D eigenvalue weighted by Gasteiger charge is -2.11. The Bertz CT molecular complexity index is 922. The summed E-state index contributed by atoms with van der Waals surface area (Å²) < 4.78 is 60.4. The number of ether oxygens (including phenoxy) is 2. The third-order valence-electron chi connectivity index (χ3n) is 3.53. The van der Waals surface area contributed by atoms with Crippen molar-refractivity contribution < 1.29 is 27.0 Å². The van der Waals surface area contributed by atoms with Crippen LogP contribution in [0.1, 0.15) is 11.1 Å². The predicted molar refractivity (Wildman–Crippen MR) is 95.9 cm³/mol. The Hall–Kier alpha value is -3.43. The van der Waals surface area contributed by atoms with Crippen molar-refractivity contribution >= 4 is 5.95 Å². The molecule has 1 aromatic heterocycles. The van der Waals surface area contributed by atoms with Crippen molar-refractivity contribution in [1.29, 1.82) is 0 Å². The van der Waals surface area contributed by atoms with Gasteiger partial charge in [-0.1, -0.05) is 42.5 Å². The first-order chi connectivity index (χ1) is 13.9. The van der Waals surface area contributed by atoms with Crippen molar-refractivity contribution in [3.8, 4) is 12.0 Å². The lowest BCUT2D eigenvalue weighted by molar-refractivity contribution is -0.154. The van der Waals surface area contributed by atoms with Gasteiger partial charge >= 0.3 is 18.2 Å². The summed E-state index contributed by atoms with van der Waals surface area (Å²) in [5, 5.41) is 2.83. The van der Waals surface area contributed by atoms with Gasteiger partial charge in [-0.3, -0.25) is 0 Å². The fraction of sp³-hybridized carbons (Fsp3) is 0.211. The van der Waals surface area contributed by atoms with Crippen LogP contribution in [0.4, 0.5) is 23.5 Å². The van der Waals surface area contributed by atoms with Gasteiger partial charge in [0.05, 0.1) is 0 Å². The molecular formula is C19H16F4N4O2. The maximum absolute atomic E-state index is 13.0. The molecule has 0 saturated heterocycles. The SMILES string of the molecule is Fc1ccc(CNc2nc(OCc3ccccc3)nc(OCC(F)(F)F)n2)cc1. The number of aromatic nitrogens is 3. The molecule has 0 amide bonds. The van der Waals surface area contributed by atoms with Crippen molar-refractivity contribution in [2.75, 3.05) is 11.9 Å². The van der Waals surface area contributed by atoms with Crippen LogP contribution in [0.15, 0.2) is 54.6 Å². The summed E-state index contributed by atoms with van der Waals surface area (Å²) in [6.45, 7) is -1.23. The Morgan fingerprint density at radius 3 is 2.10 bits per heavy atom. The number of hydrogen-bond donors (Lipinski definition) is 1. The normalized spacial score (nSPS) is 11.2. The van der Waals surface area contributed by atoms with Crippen LogP contribution in [0.3, 0.4) is 0 Å². The van der Waals surface area contributed by atoms with Gasteiger partial charge in [0, 0.05) is 6.54 Å². The van der Waals surface area contributed by atoms with Gasteiger partial charge in [0.2, 0.25) is 5.95 Å². The molecule has 0 atom stereocenters. The highest BCUT2D eigenvalue weighted by Crippen LogP contribution is 2.19. The number of halogens is 4. The van der Waals surface area contributed by atoms with Gasteiger partial charge < -0.3 is 14.8 Å². The molecule has 6 nitrogen and oxygen atoms in total. The molecule has 0 radical (unpaired) electrons. The molecule has 1 N–H and O–H groups in total. The molecular weight excluding hydrogens is 392 g/mol. The third-order valence-corrected chi connectivity index (χ3v) is 3.53. The Balaban J connectivity index is 1.72. The topological polar surface area (TPSA) is 69.2 Å². The molecule has 0 aliphatic heterocycles. The Labute approximate surface area is 163 Å². The summed E-state index contributed by atoms with van der Waals surface area (Å²) in [7, 11) is 0. The van der Waals surface area contributed by atoms with Crippen LogP contribution in [-0.2, 0) is 13.2 Å². The molecule has 2 aromatic carbocycles. The number of benzene rings is 2. The number of rotatable bonds is 8. The monoisotopic (exact) mass is 408 g/mol. The number of anilines is 1. The zero-order valence-corrected chi connectivity index (χ0v) is 15.0. The summed E-state index contributed by atoms with van der Waals surface area (Å²) in [6.07, 6.45) is -4.54. The first-order valence-corrected chi connectivity index (χ1v) is 8.48. The lowest BCUT2D eigenvalue weighted by atomic mass is 10.2. The maximum Gasteiger partial charge on any atom is 0.422 e. The number of hydrogen-bond acceptors (Lipinski definition) is 6. The molecule has 29 heavy (non-hydrogen) atoms. The third kappa shape index (κ3) is 6.91. The number of nitrogens with zero attached hydrogens (tertiary/aromatic N) is 3. The Kier molecular flexibility index (Phi) is 6.43. The van der Waals surface area contributed by atoms with Crippen LogP contribution < -0.4 is 14.8 Å². The molecule has 3 aromatic rings.